The molecule has 1 saturated heterocycles. The van der Waals surface area contributed by atoms with Crippen molar-refractivity contribution < 1.29 is 0 Å². The molecule has 3 rings (SSSR count). The van der Waals surface area contributed by atoms with E-state index in [9.17, 15) is 5.26 Å². The van der Waals surface area contributed by atoms with Gasteiger partial charge in [0, 0.05) is 37.2 Å². The van der Waals surface area contributed by atoms with E-state index < -0.39 is 0 Å². The van der Waals surface area contributed by atoms with Gasteiger partial charge in [-0.2, -0.15) is 22.1 Å². The third-order valence-corrected chi connectivity index (χ3v) is 6.21. The van der Waals surface area contributed by atoms with Gasteiger partial charge in [-0.3, -0.25) is 4.99 Å². The van der Waals surface area contributed by atoms with E-state index >= 15 is 0 Å². The molecule has 2 aromatic rings. The Labute approximate surface area is 177 Å². The Morgan fingerprint density at radius 2 is 2.14 bits per heavy atom. The van der Waals surface area contributed by atoms with Crippen LogP contribution < -0.4 is 11.1 Å². The number of nitriles is 1. The molecule has 0 amide bonds. The quantitative estimate of drug-likeness (QED) is 0.446. The standard InChI is InChI=1S/C21H29N7S/c1-21(2)15-27(12-13-29-21)20(24-3)25-11-7-10-18-17(14-22)19(23)28(26-18)16-8-5-4-6-9-16/h4-6,8-9H,7,10-13,15,23H2,1-3H3,(H,24,25). The fraction of sp³-hybridized carbons (Fsp3) is 0.476. The molecule has 2 heterocycles. The van der Waals surface area contributed by atoms with Crippen molar-refractivity contribution in [2.45, 2.75) is 31.4 Å². The van der Waals surface area contributed by atoms with E-state index in [1.807, 2.05) is 49.1 Å². The molecule has 0 bridgehead atoms. The fourth-order valence-electron chi connectivity index (χ4n) is 3.53. The van der Waals surface area contributed by atoms with Gasteiger partial charge < -0.3 is 16.0 Å². The van der Waals surface area contributed by atoms with Crippen LogP contribution in [0.3, 0.4) is 0 Å². The van der Waals surface area contributed by atoms with Gasteiger partial charge in [0.25, 0.3) is 0 Å². The van der Waals surface area contributed by atoms with Gasteiger partial charge in [0.05, 0.1) is 11.4 Å². The highest BCUT2D eigenvalue weighted by molar-refractivity contribution is 8.00. The van der Waals surface area contributed by atoms with Crippen molar-refractivity contribution in [3.05, 3.63) is 41.6 Å². The fourth-order valence-corrected chi connectivity index (χ4v) is 4.64. The number of hydrogen-bond donors (Lipinski definition) is 2. The number of nitrogens with two attached hydrogens (primary N) is 1. The van der Waals surface area contributed by atoms with E-state index in [-0.39, 0.29) is 4.75 Å². The molecule has 1 fully saturated rings. The number of aromatic nitrogens is 2. The van der Waals surface area contributed by atoms with Crippen LogP contribution in [0.15, 0.2) is 35.3 Å². The molecule has 0 atom stereocenters. The van der Waals surface area contributed by atoms with Gasteiger partial charge in [0.15, 0.2) is 5.96 Å². The van der Waals surface area contributed by atoms with E-state index in [1.165, 1.54) is 0 Å². The molecule has 0 spiro atoms. The first-order valence-corrected chi connectivity index (χ1v) is 10.9. The van der Waals surface area contributed by atoms with Crippen LogP contribution in [0.1, 0.15) is 31.5 Å². The van der Waals surface area contributed by atoms with E-state index in [0.29, 0.717) is 17.8 Å². The molecular formula is C21H29N7S. The number of nitrogen functional groups attached to an aromatic ring is 1. The minimum absolute atomic E-state index is 0.235. The third-order valence-electron chi connectivity index (χ3n) is 4.92. The van der Waals surface area contributed by atoms with E-state index in [4.69, 9.17) is 5.73 Å². The number of rotatable bonds is 5. The Morgan fingerprint density at radius 3 is 2.79 bits per heavy atom. The highest BCUT2D eigenvalue weighted by Crippen LogP contribution is 2.29. The molecule has 8 heteroatoms. The first-order valence-electron chi connectivity index (χ1n) is 9.87. The molecule has 1 aliphatic rings. The maximum Gasteiger partial charge on any atom is 0.193 e. The molecule has 0 aliphatic carbocycles. The van der Waals surface area contributed by atoms with Crippen LogP contribution in [0.2, 0.25) is 0 Å². The summed E-state index contributed by atoms with van der Waals surface area (Å²) in [6, 6.07) is 11.9. The normalized spacial score (nSPS) is 16.5. The molecule has 3 N–H and O–H groups in total. The van der Waals surface area contributed by atoms with Crippen LogP contribution >= 0.6 is 11.8 Å². The van der Waals surface area contributed by atoms with Crippen molar-refractivity contribution in [1.29, 1.82) is 5.26 Å². The number of guanidine groups is 1. The van der Waals surface area contributed by atoms with Crippen LogP contribution in [0.25, 0.3) is 5.69 Å². The maximum atomic E-state index is 9.53. The molecule has 0 saturated carbocycles. The summed E-state index contributed by atoms with van der Waals surface area (Å²) in [4.78, 5) is 6.76. The van der Waals surface area contributed by atoms with Crippen LogP contribution in [0.5, 0.6) is 0 Å². The number of thioether (sulfide) groups is 1. The Hall–Kier alpha value is -2.66. The van der Waals surface area contributed by atoms with E-state index in [1.54, 1.807) is 4.68 Å². The number of anilines is 1. The predicted molar refractivity (Wildman–Crippen MR) is 120 cm³/mol. The number of benzene rings is 1. The number of aliphatic imine (C=N–C) groups is 1. The molecular weight excluding hydrogens is 382 g/mol. The lowest BCUT2D eigenvalue weighted by molar-refractivity contribution is 0.375. The topological polar surface area (TPSA) is 95.3 Å². The summed E-state index contributed by atoms with van der Waals surface area (Å²) in [7, 11) is 1.83. The second kappa shape index (κ2) is 9.23. The van der Waals surface area contributed by atoms with E-state index in [0.717, 1.165) is 49.1 Å². The Kier molecular flexibility index (Phi) is 6.70. The highest BCUT2D eigenvalue weighted by Gasteiger charge is 2.28. The van der Waals surface area contributed by atoms with Crippen molar-refractivity contribution >= 4 is 23.5 Å². The summed E-state index contributed by atoms with van der Waals surface area (Å²) in [6.45, 7) is 7.29. The van der Waals surface area contributed by atoms with Crippen molar-refractivity contribution in [3.63, 3.8) is 0 Å². The van der Waals surface area contributed by atoms with Gasteiger partial charge in [0.2, 0.25) is 0 Å². The molecule has 1 aliphatic heterocycles. The zero-order valence-corrected chi connectivity index (χ0v) is 18.2. The lowest BCUT2D eigenvalue weighted by Crippen LogP contribution is -2.51. The van der Waals surface area contributed by atoms with Crippen LogP contribution in [0.4, 0.5) is 5.82 Å². The molecule has 1 aromatic carbocycles. The summed E-state index contributed by atoms with van der Waals surface area (Å²) in [5.74, 6) is 2.44. The molecule has 1 aromatic heterocycles. The van der Waals surface area contributed by atoms with Gasteiger partial charge in [-0.1, -0.05) is 18.2 Å². The zero-order valence-electron chi connectivity index (χ0n) is 17.4. The van der Waals surface area contributed by atoms with Crippen LogP contribution in [-0.4, -0.2) is 57.8 Å². The summed E-state index contributed by atoms with van der Waals surface area (Å²) in [5.41, 5.74) is 8.24. The van der Waals surface area contributed by atoms with E-state index in [2.05, 4.69) is 40.2 Å². The Morgan fingerprint density at radius 1 is 1.38 bits per heavy atom. The summed E-state index contributed by atoms with van der Waals surface area (Å²) < 4.78 is 1.88. The smallest absolute Gasteiger partial charge is 0.193 e. The number of nitrogens with zero attached hydrogens (tertiary/aromatic N) is 5. The molecule has 0 radical (unpaired) electrons. The van der Waals surface area contributed by atoms with Crippen molar-refractivity contribution in [3.8, 4) is 11.8 Å². The third kappa shape index (κ3) is 5.04. The molecule has 0 unspecified atom stereocenters. The molecule has 154 valence electrons. The Bertz CT molecular complexity index is 896. The van der Waals surface area contributed by atoms with Gasteiger partial charge in [0.1, 0.15) is 17.5 Å². The van der Waals surface area contributed by atoms with Crippen LogP contribution in [-0.2, 0) is 6.42 Å². The number of nitrogens with one attached hydrogen (secondary N) is 1. The second-order valence-corrected chi connectivity index (χ2v) is 9.48. The minimum Gasteiger partial charge on any atom is -0.382 e. The highest BCUT2D eigenvalue weighted by atomic mass is 32.2. The number of para-hydroxylation sites is 1. The first-order chi connectivity index (χ1) is 13.9. The molecule has 7 nitrogen and oxygen atoms in total. The minimum atomic E-state index is 0.235. The lowest BCUT2D eigenvalue weighted by atomic mass is 10.1. The second-order valence-electron chi connectivity index (χ2n) is 7.67. The van der Waals surface area contributed by atoms with Gasteiger partial charge in [-0.05, 0) is 38.8 Å². The summed E-state index contributed by atoms with van der Waals surface area (Å²) in [6.07, 6.45) is 1.52. The number of hydrogen-bond acceptors (Lipinski definition) is 5. The van der Waals surface area contributed by atoms with Crippen molar-refractivity contribution in [2.75, 3.05) is 38.2 Å². The predicted octanol–water partition coefficient (Wildman–Crippen LogP) is 2.66. The molecule has 29 heavy (non-hydrogen) atoms. The monoisotopic (exact) mass is 411 g/mol. The van der Waals surface area contributed by atoms with Gasteiger partial charge in [-0.25, -0.2) is 4.68 Å². The maximum absolute atomic E-state index is 9.53. The zero-order chi connectivity index (χ0) is 20.9. The average molecular weight is 412 g/mol. The first kappa shape index (κ1) is 21.1. The summed E-state index contributed by atoms with van der Waals surface area (Å²) >= 11 is 2.01. The van der Waals surface area contributed by atoms with Gasteiger partial charge in [-0.15, -0.1) is 0 Å². The van der Waals surface area contributed by atoms with Gasteiger partial charge >= 0.3 is 0 Å². The van der Waals surface area contributed by atoms with Crippen molar-refractivity contribution in [1.82, 2.24) is 20.0 Å². The number of aryl methyl sites for hydroxylation is 1. The average Bonchev–Trinajstić information content (AvgIpc) is 3.03. The lowest BCUT2D eigenvalue weighted by Gasteiger charge is -2.39. The van der Waals surface area contributed by atoms with Crippen molar-refractivity contribution in [2.24, 2.45) is 4.99 Å². The Balaban J connectivity index is 1.60. The largest absolute Gasteiger partial charge is 0.382 e. The summed E-state index contributed by atoms with van der Waals surface area (Å²) in [5, 5.41) is 17.6. The van der Waals surface area contributed by atoms with Crippen LogP contribution in [0, 0.1) is 11.3 Å². The SMILES string of the molecule is CN=C(NCCCc1nn(-c2ccccc2)c(N)c1C#N)N1CCSC(C)(C)C1.